The van der Waals surface area contributed by atoms with Gasteiger partial charge in [0.05, 0.1) is 0 Å². The molecule has 0 spiro atoms. The summed E-state index contributed by atoms with van der Waals surface area (Å²) in [7, 11) is 0. The number of anilines is 1. The van der Waals surface area contributed by atoms with Gasteiger partial charge in [0.2, 0.25) is 5.56 Å². The van der Waals surface area contributed by atoms with Crippen molar-refractivity contribution in [3.8, 4) is 0 Å². The highest BCUT2D eigenvalue weighted by atomic mass is 16.2. The molecular weight excluding hydrogens is 254 g/mol. The van der Waals surface area contributed by atoms with Crippen LogP contribution in [0, 0.1) is 0 Å². The molecule has 2 heterocycles. The van der Waals surface area contributed by atoms with E-state index in [0.29, 0.717) is 12.2 Å². The van der Waals surface area contributed by atoms with Gasteiger partial charge in [0.15, 0.2) is 0 Å². The first-order chi connectivity index (χ1) is 9.75. The number of hydrogen-bond donors (Lipinski definition) is 2. The third kappa shape index (κ3) is 2.35. The lowest BCUT2D eigenvalue weighted by molar-refractivity contribution is 0.0982. The van der Waals surface area contributed by atoms with Crippen LogP contribution >= 0.6 is 0 Å². The van der Waals surface area contributed by atoms with Gasteiger partial charge in [-0.1, -0.05) is 24.3 Å². The number of para-hydroxylation sites is 1. The Morgan fingerprint density at radius 3 is 2.80 bits per heavy atom. The van der Waals surface area contributed by atoms with E-state index in [-0.39, 0.29) is 11.5 Å². The van der Waals surface area contributed by atoms with E-state index in [2.05, 4.69) is 10.3 Å². The number of benzene rings is 1. The monoisotopic (exact) mass is 269 g/mol. The second-order valence-corrected chi connectivity index (χ2v) is 4.69. The summed E-state index contributed by atoms with van der Waals surface area (Å²) in [5, 5.41) is 3.29. The Hall–Kier alpha value is -2.40. The first-order valence-electron chi connectivity index (χ1n) is 6.55. The minimum atomic E-state index is -0.267. The normalized spacial score (nSPS) is 14.5. The summed E-state index contributed by atoms with van der Waals surface area (Å²) >= 11 is 0. The van der Waals surface area contributed by atoms with Crippen molar-refractivity contribution in [1.29, 1.82) is 0 Å². The Bertz CT molecular complexity index is 693. The second-order valence-electron chi connectivity index (χ2n) is 4.69. The molecule has 0 saturated carbocycles. The van der Waals surface area contributed by atoms with Crippen LogP contribution in [0.2, 0.25) is 0 Å². The van der Waals surface area contributed by atoms with Crippen molar-refractivity contribution in [2.45, 2.75) is 6.54 Å². The maximum atomic E-state index is 12.6. The lowest BCUT2D eigenvalue weighted by Crippen LogP contribution is -2.35. The first-order valence-corrected chi connectivity index (χ1v) is 6.55. The lowest BCUT2D eigenvalue weighted by Gasteiger charge is -2.22. The number of carbonyl (C=O) groups is 1. The molecule has 2 N–H and O–H groups in total. The van der Waals surface area contributed by atoms with Gasteiger partial charge in [0, 0.05) is 31.4 Å². The summed E-state index contributed by atoms with van der Waals surface area (Å²) < 4.78 is 0. The summed E-state index contributed by atoms with van der Waals surface area (Å²) in [6.45, 7) is 2.04. The van der Waals surface area contributed by atoms with Crippen LogP contribution in [0.1, 0.15) is 16.1 Å². The molecule has 2 aromatic rings. The van der Waals surface area contributed by atoms with Gasteiger partial charge in [-0.3, -0.25) is 9.59 Å². The van der Waals surface area contributed by atoms with Crippen LogP contribution in [-0.2, 0) is 6.54 Å². The fraction of sp³-hybridized carbons (Fsp3) is 0.200. The molecule has 0 fully saturated rings. The SMILES string of the molecule is O=C(c1cccc(=O)[nH]1)N1CCNCc2ccccc21. The average molecular weight is 269 g/mol. The Morgan fingerprint density at radius 2 is 1.95 bits per heavy atom. The fourth-order valence-corrected chi connectivity index (χ4v) is 2.39. The molecule has 5 nitrogen and oxygen atoms in total. The maximum absolute atomic E-state index is 12.6. The zero-order chi connectivity index (χ0) is 13.9. The standard InChI is InChI=1S/C15H15N3O2/c19-14-7-3-5-12(17-14)15(20)18-9-8-16-10-11-4-1-2-6-13(11)18/h1-7,16H,8-10H2,(H,17,19). The topological polar surface area (TPSA) is 65.2 Å². The van der Waals surface area contributed by atoms with Crippen LogP contribution in [-0.4, -0.2) is 24.0 Å². The third-order valence-corrected chi connectivity index (χ3v) is 3.35. The van der Waals surface area contributed by atoms with Crippen molar-refractivity contribution in [2.24, 2.45) is 0 Å². The second kappa shape index (κ2) is 5.30. The number of hydrogen-bond acceptors (Lipinski definition) is 3. The number of nitrogens with one attached hydrogen (secondary N) is 2. The molecule has 20 heavy (non-hydrogen) atoms. The maximum Gasteiger partial charge on any atom is 0.274 e. The quantitative estimate of drug-likeness (QED) is 0.815. The molecule has 1 aromatic heterocycles. The van der Waals surface area contributed by atoms with Crippen molar-refractivity contribution in [3.63, 3.8) is 0 Å². The van der Waals surface area contributed by atoms with Crippen LogP contribution in [0.15, 0.2) is 47.3 Å². The largest absolute Gasteiger partial charge is 0.318 e. The van der Waals surface area contributed by atoms with Gasteiger partial charge in [0.25, 0.3) is 5.91 Å². The van der Waals surface area contributed by atoms with Crippen LogP contribution < -0.4 is 15.8 Å². The number of rotatable bonds is 1. The Kier molecular flexibility index (Phi) is 3.35. The molecule has 1 aliphatic heterocycles. The van der Waals surface area contributed by atoms with E-state index in [1.165, 1.54) is 6.07 Å². The number of aromatic amines is 1. The third-order valence-electron chi connectivity index (χ3n) is 3.35. The fourth-order valence-electron chi connectivity index (χ4n) is 2.39. The molecule has 1 aromatic carbocycles. The molecule has 0 bridgehead atoms. The zero-order valence-electron chi connectivity index (χ0n) is 10.9. The van der Waals surface area contributed by atoms with Crippen molar-refractivity contribution in [1.82, 2.24) is 10.3 Å². The van der Waals surface area contributed by atoms with E-state index < -0.39 is 0 Å². The van der Waals surface area contributed by atoms with Crippen LogP contribution in [0.5, 0.6) is 0 Å². The number of pyridine rings is 1. The molecule has 0 aliphatic carbocycles. The molecule has 102 valence electrons. The van der Waals surface area contributed by atoms with E-state index in [1.54, 1.807) is 17.0 Å². The molecule has 5 heteroatoms. The molecular formula is C15H15N3O2. The average Bonchev–Trinajstić information content (AvgIpc) is 2.69. The van der Waals surface area contributed by atoms with Gasteiger partial charge >= 0.3 is 0 Å². The summed E-state index contributed by atoms with van der Waals surface area (Å²) in [4.78, 5) is 28.2. The molecule has 1 amide bonds. The van der Waals surface area contributed by atoms with Gasteiger partial charge in [-0.05, 0) is 17.7 Å². The van der Waals surface area contributed by atoms with Crippen molar-refractivity contribution in [2.75, 3.05) is 18.0 Å². The van der Waals surface area contributed by atoms with Gasteiger partial charge < -0.3 is 15.2 Å². The Morgan fingerprint density at radius 1 is 1.10 bits per heavy atom. The van der Waals surface area contributed by atoms with Crippen molar-refractivity contribution < 1.29 is 4.79 Å². The summed E-state index contributed by atoms with van der Waals surface area (Å²) in [5.41, 5.74) is 2.02. The van der Waals surface area contributed by atoms with E-state index in [1.807, 2.05) is 24.3 Å². The zero-order valence-corrected chi connectivity index (χ0v) is 10.9. The molecule has 0 saturated heterocycles. The van der Waals surface area contributed by atoms with Gasteiger partial charge in [-0.15, -0.1) is 0 Å². The Balaban J connectivity index is 2.01. The number of fused-ring (bicyclic) bond motifs is 1. The number of amides is 1. The van der Waals surface area contributed by atoms with E-state index in [0.717, 1.165) is 24.3 Å². The minimum Gasteiger partial charge on any atom is -0.318 e. The van der Waals surface area contributed by atoms with Gasteiger partial charge in [-0.2, -0.15) is 0 Å². The molecule has 0 radical (unpaired) electrons. The molecule has 1 aliphatic rings. The number of carbonyl (C=O) groups excluding carboxylic acids is 1. The van der Waals surface area contributed by atoms with Crippen LogP contribution in [0.4, 0.5) is 5.69 Å². The number of nitrogens with zero attached hydrogens (tertiary/aromatic N) is 1. The molecule has 0 atom stereocenters. The molecule has 3 rings (SSSR count). The van der Waals surface area contributed by atoms with Crippen LogP contribution in [0.25, 0.3) is 0 Å². The minimum absolute atomic E-state index is 0.182. The van der Waals surface area contributed by atoms with Gasteiger partial charge in [0.1, 0.15) is 5.69 Å². The molecule has 0 unspecified atom stereocenters. The predicted molar refractivity (Wildman–Crippen MR) is 76.9 cm³/mol. The Labute approximate surface area is 116 Å². The van der Waals surface area contributed by atoms with E-state index in [4.69, 9.17) is 0 Å². The van der Waals surface area contributed by atoms with Crippen molar-refractivity contribution >= 4 is 11.6 Å². The number of H-pyrrole nitrogens is 1. The summed E-state index contributed by atoms with van der Waals surface area (Å²) in [5.74, 6) is -0.182. The van der Waals surface area contributed by atoms with Crippen LogP contribution in [0.3, 0.4) is 0 Å². The highest BCUT2D eigenvalue weighted by Gasteiger charge is 2.22. The first kappa shape index (κ1) is 12.6. The highest BCUT2D eigenvalue weighted by molar-refractivity contribution is 6.05. The summed E-state index contributed by atoms with van der Waals surface area (Å²) in [6, 6.07) is 12.4. The lowest BCUT2D eigenvalue weighted by atomic mass is 10.1. The van der Waals surface area contributed by atoms with E-state index in [9.17, 15) is 9.59 Å². The predicted octanol–water partition coefficient (Wildman–Crippen LogP) is 1.12. The van der Waals surface area contributed by atoms with Crippen molar-refractivity contribution in [3.05, 3.63) is 64.1 Å². The highest BCUT2D eigenvalue weighted by Crippen LogP contribution is 2.23. The summed E-state index contributed by atoms with van der Waals surface area (Å²) in [6.07, 6.45) is 0. The smallest absolute Gasteiger partial charge is 0.274 e. The van der Waals surface area contributed by atoms with Gasteiger partial charge in [-0.25, -0.2) is 0 Å². The number of aromatic nitrogens is 1. The van der Waals surface area contributed by atoms with E-state index >= 15 is 0 Å².